The fourth-order valence-electron chi connectivity index (χ4n) is 3.59. The molecule has 0 aromatic heterocycles. The zero-order valence-corrected chi connectivity index (χ0v) is 23.1. The number of nitrogens with one attached hydrogen (secondary N) is 4. The van der Waals surface area contributed by atoms with Gasteiger partial charge >= 0.3 is 0 Å². The van der Waals surface area contributed by atoms with Crippen molar-refractivity contribution in [3.8, 4) is 0 Å². The number of amides is 4. The summed E-state index contributed by atoms with van der Waals surface area (Å²) in [6.45, 7) is 17.0. The fourth-order valence-corrected chi connectivity index (χ4v) is 3.59. The van der Waals surface area contributed by atoms with Gasteiger partial charge in [-0.1, -0.05) is 61.5 Å². The zero-order chi connectivity index (χ0) is 27.5. The molecule has 0 spiro atoms. The third-order valence-electron chi connectivity index (χ3n) is 5.71. The van der Waals surface area contributed by atoms with E-state index >= 15 is 0 Å². The molecule has 1 fully saturated rings. The van der Waals surface area contributed by atoms with Crippen molar-refractivity contribution >= 4 is 23.6 Å². The lowest BCUT2D eigenvalue weighted by Gasteiger charge is -2.20. The minimum atomic E-state index is -1.06. The summed E-state index contributed by atoms with van der Waals surface area (Å²) in [5, 5.41) is 5.69. The van der Waals surface area contributed by atoms with E-state index in [1.165, 1.54) is 6.08 Å². The summed E-state index contributed by atoms with van der Waals surface area (Å²) in [5.74, 6) is -0.582. The van der Waals surface area contributed by atoms with Crippen molar-refractivity contribution in [1.82, 2.24) is 21.6 Å². The smallest absolute Gasteiger partial charge is 0.267 e. The molecule has 10 heteroatoms. The van der Waals surface area contributed by atoms with Crippen LogP contribution in [-0.4, -0.2) is 48.4 Å². The SMILES string of the molecule is CC(C)CNC(=O)[C@@H](CC(C)C)ONC(=O)/C=C/CC(=O)NOC1(C(=O)NCC(C)C)CC1C(C)C. The maximum absolute atomic E-state index is 12.7. The highest BCUT2D eigenvalue weighted by molar-refractivity contribution is 5.90. The number of carbonyl (C=O) groups is 4. The largest absolute Gasteiger partial charge is 0.354 e. The van der Waals surface area contributed by atoms with Crippen LogP contribution in [0, 0.1) is 29.6 Å². The Morgan fingerprint density at radius 3 is 2.03 bits per heavy atom. The fraction of sp³-hybridized carbons (Fsp3) is 0.769. The molecule has 0 heterocycles. The van der Waals surface area contributed by atoms with Gasteiger partial charge < -0.3 is 10.6 Å². The maximum atomic E-state index is 12.7. The monoisotopic (exact) mass is 510 g/mol. The van der Waals surface area contributed by atoms with E-state index in [1.807, 2.05) is 55.4 Å². The van der Waals surface area contributed by atoms with Crippen LogP contribution in [-0.2, 0) is 28.9 Å². The average molecular weight is 511 g/mol. The Hall–Kier alpha value is -2.46. The van der Waals surface area contributed by atoms with Gasteiger partial charge in [0.1, 0.15) is 0 Å². The van der Waals surface area contributed by atoms with Crippen molar-refractivity contribution in [2.45, 2.75) is 86.4 Å². The molecule has 4 amide bonds. The molecular formula is C26H46N4O6. The summed E-state index contributed by atoms with van der Waals surface area (Å²) >= 11 is 0. The van der Waals surface area contributed by atoms with Crippen LogP contribution >= 0.6 is 0 Å². The van der Waals surface area contributed by atoms with Crippen LogP contribution in [0.2, 0.25) is 0 Å². The van der Waals surface area contributed by atoms with Gasteiger partial charge in [-0.25, -0.2) is 11.0 Å². The van der Waals surface area contributed by atoms with Gasteiger partial charge in [0.25, 0.3) is 17.7 Å². The van der Waals surface area contributed by atoms with E-state index in [1.54, 1.807) is 0 Å². The summed E-state index contributed by atoms with van der Waals surface area (Å²) in [5.41, 5.74) is 3.55. The average Bonchev–Trinajstić information content (AvgIpc) is 3.53. The second kappa shape index (κ2) is 14.9. The van der Waals surface area contributed by atoms with E-state index < -0.39 is 23.5 Å². The molecule has 0 aliphatic heterocycles. The molecular weight excluding hydrogens is 464 g/mol. The molecule has 4 N–H and O–H groups in total. The molecule has 0 radical (unpaired) electrons. The van der Waals surface area contributed by atoms with E-state index in [4.69, 9.17) is 9.68 Å². The Kier molecular flexibility index (Phi) is 13.1. The Bertz CT molecular complexity index is 780. The number of hydrogen-bond donors (Lipinski definition) is 4. The highest BCUT2D eigenvalue weighted by atomic mass is 16.7. The lowest BCUT2D eigenvalue weighted by atomic mass is 10.1. The minimum Gasteiger partial charge on any atom is -0.354 e. The summed E-state index contributed by atoms with van der Waals surface area (Å²) < 4.78 is 0. The van der Waals surface area contributed by atoms with Crippen molar-refractivity contribution in [2.75, 3.05) is 13.1 Å². The first-order valence-electron chi connectivity index (χ1n) is 12.9. The van der Waals surface area contributed by atoms with Gasteiger partial charge in [-0.05, 0) is 36.5 Å². The molecule has 0 aromatic carbocycles. The second-order valence-corrected chi connectivity index (χ2v) is 11.1. The van der Waals surface area contributed by atoms with Crippen LogP contribution in [0.25, 0.3) is 0 Å². The van der Waals surface area contributed by atoms with Gasteiger partial charge in [0.05, 0.1) is 0 Å². The highest BCUT2D eigenvalue weighted by Gasteiger charge is 2.63. The summed E-state index contributed by atoms with van der Waals surface area (Å²) in [7, 11) is 0. The molecule has 1 rings (SSSR count). The van der Waals surface area contributed by atoms with Crippen LogP contribution in [0.3, 0.4) is 0 Å². The molecule has 1 saturated carbocycles. The maximum Gasteiger partial charge on any atom is 0.267 e. The van der Waals surface area contributed by atoms with Crippen molar-refractivity contribution in [3.63, 3.8) is 0 Å². The van der Waals surface area contributed by atoms with Gasteiger partial charge in [0.15, 0.2) is 11.7 Å². The normalized spacial score (nSPS) is 20.2. The van der Waals surface area contributed by atoms with E-state index in [-0.39, 0.29) is 36.0 Å². The standard InChI is InChI=1S/C26H46N4O6/c1-16(2)12-21(24(33)27-14-17(3)4)35-29-22(31)10-9-11-23(32)30-36-26(13-20(26)19(7)8)25(34)28-15-18(5)6/h9-10,16-21H,11-15H2,1-8H3,(H,27,33)(H,28,34)(H,29,31)(H,30,32)/b10-9+/t20?,21-,26?/m1/s1. The van der Waals surface area contributed by atoms with Crippen LogP contribution in [0.15, 0.2) is 12.2 Å². The predicted molar refractivity (Wildman–Crippen MR) is 137 cm³/mol. The molecule has 2 unspecified atom stereocenters. The van der Waals surface area contributed by atoms with Gasteiger partial charge in [-0.2, -0.15) is 0 Å². The van der Waals surface area contributed by atoms with Crippen molar-refractivity contribution < 1.29 is 28.9 Å². The highest BCUT2D eigenvalue weighted by Crippen LogP contribution is 2.51. The van der Waals surface area contributed by atoms with Crippen molar-refractivity contribution in [1.29, 1.82) is 0 Å². The molecule has 1 aliphatic carbocycles. The Balaban J connectivity index is 2.52. The first-order valence-corrected chi connectivity index (χ1v) is 12.9. The van der Waals surface area contributed by atoms with Gasteiger partial charge in [-0.15, -0.1) is 0 Å². The van der Waals surface area contributed by atoms with Crippen LogP contribution in [0.4, 0.5) is 0 Å². The first kappa shape index (κ1) is 31.6. The van der Waals surface area contributed by atoms with Gasteiger partial charge in [0, 0.05) is 31.5 Å². The molecule has 0 aromatic rings. The summed E-state index contributed by atoms with van der Waals surface area (Å²) in [4.78, 5) is 60.3. The van der Waals surface area contributed by atoms with E-state index in [2.05, 4.69) is 21.6 Å². The number of rotatable bonds is 16. The summed E-state index contributed by atoms with van der Waals surface area (Å²) in [6.07, 6.45) is 2.53. The minimum absolute atomic E-state index is 0.0138. The molecule has 0 saturated heterocycles. The van der Waals surface area contributed by atoms with E-state index in [9.17, 15) is 19.2 Å². The predicted octanol–water partition coefficient (Wildman–Crippen LogP) is 2.40. The second-order valence-electron chi connectivity index (χ2n) is 11.1. The third kappa shape index (κ3) is 11.1. The number of hydrogen-bond acceptors (Lipinski definition) is 6. The van der Waals surface area contributed by atoms with Crippen molar-refractivity contribution in [2.24, 2.45) is 29.6 Å². The van der Waals surface area contributed by atoms with Crippen LogP contribution in [0.5, 0.6) is 0 Å². The Morgan fingerprint density at radius 2 is 1.50 bits per heavy atom. The molecule has 0 bridgehead atoms. The van der Waals surface area contributed by atoms with E-state index in [0.29, 0.717) is 37.8 Å². The number of hydroxylamine groups is 2. The Labute approximate surface area is 215 Å². The van der Waals surface area contributed by atoms with Crippen LogP contribution < -0.4 is 21.6 Å². The quantitative estimate of drug-likeness (QED) is 0.186. The lowest BCUT2D eigenvalue weighted by Crippen LogP contribution is -2.45. The van der Waals surface area contributed by atoms with Gasteiger partial charge in [0.2, 0.25) is 5.91 Å². The number of carbonyl (C=O) groups excluding carboxylic acids is 4. The molecule has 206 valence electrons. The first-order chi connectivity index (χ1) is 16.8. The molecule has 36 heavy (non-hydrogen) atoms. The molecule has 3 atom stereocenters. The molecule has 1 aliphatic rings. The van der Waals surface area contributed by atoms with Crippen molar-refractivity contribution in [3.05, 3.63) is 12.2 Å². The zero-order valence-electron chi connectivity index (χ0n) is 23.1. The van der Waals surface area contributed by atoms with Crippen LogP contribution in [0.1, 0.15) is 74.7 Å². The van der Waals surface area contributed by atoms with E-state index in [0.717, 1.165) is 6.08 Å². The molecule has 10 nitrogen and oxygen atoms in total. The Morgan fingerprint density at radius 1 is 0.889 bits per heavy atom. The third-order valence-corrected chi connectivity index (χ3v) is 5.71. The lowest BCUT2D eigenvalue weighted by molar-refractivity contribution is -0.154. The van der Waals surface area contributed by atoms with Gasteiger partial charge in [-0.3, -0.25) is 28.9 Å². The topological polar surface area (TPSA) is 135 Å². The summed E-state index contributed by atoms with van der Waals surface area (Å²) in [6, 6.07) is 0.